The number of hydrogen-bond donors (Lipinski definition) is 1. The zero-order chi connectivity index (χ0) is 10.1. The molecule has 0 atom stereocenters. The van der Waals surface area contributed by atoms with Gasteiger partial charge in [0.05, 0.1) is 11.6 Å². The number of nitriles is 1. The first kappa shape index (κ1) is 12.0. The molecule has 0 unspecified atom stereocenters. The van der Waals surface area contributed by atoms with Gasteiger partial charge in [-0.25, -0.2) is 0 Å². The molecule has 0 aliphatic rings. The maximum absolute atomic E-state index is 9.30. The molecule has 0 heterocycles. The van der Waals surface area contributed by atoms with E-state index in [1.807, 2.05) is 6.07 Å². The second-order valence-corrected chi connectivity index (χ2v) is 3.89. The topological polar surface area (TPSA) is 44.0 Å². The summed E-state index contributed by atoms with van der Waals surface area (Å²) in [6.07, 6.45) is 0. The Labute approximate surface area is 106 Å². The molecule has 2 aromatic rings. The molecule has 76 valence electrons. The van der Waals surface area contributed by atoms with E-state index in [4.69, 9.17) is 5.26 Å². The molecule has 1 N–H and O–H groups in total. The predicted octanol–water partition coefficient (Wildman–Crippen LogP) is 3.76. The molecule has 0 radical (unpaired) electrons. The highest BCUT2D eigenvalue weighted by Crippen LogP contribution is 2.26. The van der Waals surface area contributed by atoms with Gasteiger partial charge in [-0.05, 0) is 29.7 Å². The molecule has 0 aliphatic carbocycles. The second-order valence-electron chi connectivity index (χ2n) is 2.97. The van der Waals surface area contributed by atoms with Gasteiger partial charge in [0.15, 0.2) is 0 Å². The minimum absolute atomic E-state index is 0. The molecule has 0 saturated heterocycles. The first-order chi connectivity index (χ1) is 6.70. The van der Waals surface area contributed by atoms with Gasteiger partial charge >= 0.3 is 0 Å². The van der Waals surface area contributed by atoms with Crippen LogP contribution >= 0.6 is 32.9 Å². The molecule has 15 heavy (non-hydrogen) atoms. The third-order valence-corrected chi connectivity index (χ3v) is 2.48. The molecule has 0 aliphatic heterocycles. The van der Waals surface area contributed by atoms with E-state index in [1.165, 1.54) is 0 Å². The van der Waals surface area contributed by atoms with Crippen LogP contribution in [-0.4, -0.2) is 5.11 Å². The molecule has 0 saturated carbocycles. The van der Waals surface area contributed by atoms with Gasteiger partial charge in [0, 0.05) is 9.86 Å². The summed E-state index contributed by atoms with van der Waals surface area (Å²) in [6.45, 7) is 0. The van der Waals surface area contributed by atoms with Crippen molar-refractivity contribution in [2.45, 2.75) is 0 Å². The fourth-order valence-electron chi connectivity index (χ4n) is 1.40. The lowest BCUT2D eigenvalue weighted by molar-refractivity contribution is 0.476. The maximum atomic E-state index is 9.30. The Bertz CT molecular complexity index is 546. The predicted molar refractivity (Wildman–Crippen MR) is 68.3 cm³/mol. The Morgan fingerprint density at radius 2 is 1.93 bits per heavy atom. The molecule has 0 fully saturated rings. The number of nitrogens with zero attached hydrogens (tertiary/aromatic N) is 1. The zero-order valence-electron chi connectivity index (χ0n) is 7.57. The smallest absolute Gasteiger partial charge is 0.116 e. The number of rotatable bonds is 0. The molecular weight excluding hydrogens is 322 g/mol. The van der Waals surface area contributed by atoms with Crippen molar-refractivity contribution in [1.82, 2.24) is 0 Å². The van der Waals surface area contributed by atoms with Crippen LogP contribution in [0.3, 0.4) is 0 Å². The van der Waals surface area contributed by atoms with Gasteiger partial charge in [0.2, 0.25) is 0 Å². The van der Waals surface area contributed by atoms with Gasteiger partial charge < -0.3 is 5.11 Å². The summed E-state index contributed by atoms with van der Waals surface area (Å²) in [5, 5.41) is 19.9. The highest BCUT2D eigenvalue weighted by atomic mass is 79.9. The van der Waals surface area contributed by atoms with Gasteiger partial charge in [0.1, 0.15) is 5.75 Å². The number of hydrogen-bond acceptors (Lipinski definition) is 2. The van der Waals surface area contributed by atoms with Crippen LogP contribution in [0.15, 0.2) is 34.8 Å². The second kappa shape index (κ2) is 4.65. The monoisotopic (exact) mass is 327 g/mol. The number of benzene rings is 2. The normalized spacial score (nSPS) is 9.33. The molecule has 2 aromatic carbocycles. The Morgan fingerprint density at radius 1 is 1.20 bits per heavy atom. The van der Waals surface area contributed by atoms with E-state index in [0.29, 0.717) is 5.56 Å². The van der Waals surface area contributed by atoms with Crippen LogP contribution in [0.5, 0.6) is 5.75 Å². The maximum Gasteiger partial charge on any atom is 0.116 e. The molecule has 2 rings (SSSR count). The lowest BCUT2D eigenvalue weighted by Crippen LogP contribution is -1.80. The number of fused-ring (bicyclic) bond motifs is 1. The third-order valence-electron chi connectivity index (χ3n) is 2.02. The van der Waals surface area contributed by atoms with Gasteiger partial charge in [-0.3, -0.25) is 0 Å². The van der Waals surface area contributed by atoms with Crippen molar-refractivity contribution < 1.29 is 5.11 Å². The van der Waals surface area contributed by atoms with E-state index in [9.17, 15) is 5.11 Å². The van der Waals surface area contributed by atoms with Crippen LogP contribution < -0.4 is 0 Å². The standard InChI is InChI=1S/C11H6BrNO.BrH/c12-9-3-7-1-2-10(14)5-11(7)8(4-9)6-13;/h1-5,14H;1H. The van der Waals surface area contributed by atoms with E-state index in [2.05, 4.69) is 22.0 Å². The summed E-state index contributed by atoms with van der Waals surface area (Å²) in [5.74, 6) is 0.177. The molecule has 0 spiro atoms. The van der Waals surface area contributed by atoms with Crippen LogP contribution in [0.2, 0.25) is 0 Å². The van der Waals surface area contributed by atoms with Crippen molar-refractivity contribution in [1.29, 1.82) is 5.26 Å². The number of phenolic OH excluding ortho intramolecular Hbond substituents is 1. The van der Waals surface area contributed by atoms with E-state index >= 15 is 0 Å². The van der Waals surface area contributed by atoms with E-state index < -0.39 is 0 Å². The Kier molecular flexibility index (Phi) is 3.72. The van der Waals surface area contributed by atoms with E-state index in [-0.39, 0.29) is 22.7 Å². The lowest BCUT2D eigenvalue weighted by Gasteiger charge is -2.01. The van der Waals surface area contributed by atoms with Crippen LogP contribution in [0, 0.1) is 11.3 Å². The number of phenols is 1. The molecular formula is C11H7Br2NO. The summed E-state index contributed by atoms with van der Waals surface area (Å²) in [7, 11) is 0. The van der Waals surface area contributed by atoms with Crippen LogP contribution in [-0.2, 0) is 0 Å². The van der Waals surface area contributed by atoms with Crippen molar-refractivity contribution >= 4 is 43.7 Å². The Morgan fingerprint density at radius 3 is 2.60 bits per heavy atom. The van der Waals surface area contributed by atoms with Gasteiger partial charge in [0.25, 0.3) is 0 Å². The number of aromatic hydroxyl groups is 1. The van der Waals surface area contributed by atoms with E-state index in [1.54, 1.807) is 24.3 Å². The number of halogens is 2. The SMILES string of the molecule is Br.N#Cc1cc(Br)cc2ccc(O)cc12. The minimum atomic E-state index is 0. The molecule has 0 bridgehead atoms. The van der Waals surface area contributed by atoms with Crippen molar-refractivity contribution in [3.63, 3.8) is 0 Å². The highest BCUT2D eigenvalue weighted by Gasteiger charge is 2.03. The average molecular weight is 329 g/mol. The minimum Gasteiger partial charge on any atom is -0.508 e. The van der Waals surface area contributed by atoms with Gasteiger partial charge in [-0.15, -0.1) is 17.0 Å². The lowest BCUT2D eigenvalue weighted by atomic mass is 10.1. The summed E-state index contributed by atoms with van der Waals surface area (Å²) < 4.78 is 0.868. The zero-order valence-corrected chi connectivity index (χ0v) is 10.9. The van der Waals surface area contributed by atoms with Crippen LogP contribution in [0.1, 0.15) is 5.56 Å². The fraction of sp³-hybridized carbons (Fsp3) is 0. The summed E-state index contributed by atoms with van der Waals surface area (Å²) >= 11 is 3.33. The van der Waals surface area contributed by atoms with Crippen molar-refractivity contribution in [3.8, 4) is 11.8 Å². The van der Waals surface area contributed by atoms with Crippen molar-refractivity contribution in [2.24, 2.45) is 0 Å². The first-order valence-corrected chi connectivity index (χ1v) is 4.82. The summed E-state index contributed by atoms with van der Waals surface area (Å²) in [5.41, 5.74) is 0.560. The van der Waals surface area contributed by atoms with Crippen molar-refractivity contribution in [2.75, 3.05) is 0 Å². The largest absolute Gasteiger partial charge is 0.508 e. The average Bonchev–Trinajstić information content (AvgIpc) is 2.17. The van der Waals surface area contributed by atoms with Gasteiger partial charge in [-0.2, -0.15) is 5.26 Å². The summed E-state index contributed by atoms with van der Waals surface area (Å²) in [4.78, 5) is 0. The van der Waals surface area contributed by atoms with E-state index in [0.717, 1.165) is 15.2 Å². The fourth-order valence-corrected chi connectivity index (χ4v) is 1.88. The van der Waals surface area contributed by atoms with Gasteiger partial charge in [-0.1, -0.05) is 22.0 Å². The van der Waals surface area contributed by atoms with Crippen LogP contribution in [0.4, 0.5) is 0 Å². The van der Waals surface area contributed by atoms with Crippen LogP contribution in [0.25, 0.3) is 10.8 Å². The third kappa shape index (κ3) is 2.31. The summed E-state index contributed by atoms with van der Waals surface area (Å²) in [6, 6.07) is 10.7. The molecule has 4 heteroatoms. The first-order valence-electron chi connectivity index (χ1n) is 4.03. The molecule has 0 aromatic heterocycles. The quantitative estimate of drug-likeness (QED) is 0.800. The van der Waals surface area contributed by atoms with Crippen molar-refractivity contribution in [3.05, 3.63) is 40.4 Å². The molecule has 0 amide bonds. The highest BCUT2D eigenvalue weighted by molar-refractivity contribution is 9.10. The Balaban J connectivity index is 0.00000112. The Hall–Kier alpha value is -1.05. The molecule has 2 nitrogen and oxygen atoms in total.